The van der Waals surface area contributed by atoms with E-state index in [-0.39, 0.29) is 15.9 Å². The van der Waals surface area contributed by atoms with Crippen molar-refractivity contribution in [2.45, 2.75) is 6.92 Å². The molecule has 0 spiro atoms. The van der Waals surface area contributed by atoms with Gasteiger partial charge in [0.15, 0.2) is 0 Å². The maximum Gasteiger partial charge on any atom is 0.276 e. The van der Waals surface area contributed by atoms with Crippen LogP contribution in [0.3, 0.4) is 0 Å². The van der Waals surface area contributed by atoms with Crippen LogP contribution in [0.2, 0.25) is 0 Å². The van der Waals surface area contributed by atoms with Crippen LogP contribution in [0.15, 0.2) is 29.0 Å². The van der Waals surface area contributed by atoms with E-state index in [1.54, 1.807) is 0 Å². The van der Waals surface area contributed by atoms with Crippen LogP contribution < -0.4 is 10.6 Å². The summed E-state index contributed by atoms with van der Waals surface area (Å²) in [6, 6.07) is 1.82. The molecule has 0 aliphatic carbocycles. The zero-order valence-electron chi connectivity index (χ0n) is 11.0. The normalized spacial score (nSPS) is 10.3. The minimum absolute atomic E-state index is 0.0216. The van der Waals surface area contributed by atoms with Crippen molar-refractivity contribution in [3.8, 4) is 0 Å². The molecule has 1 amide bonds. The van der Waals surface area contributed by atoms with Crippen LogP contribution in [0.25, 0.3) is 0 Å². The lowest BCUT2D eigenvalue weighted by atomic mass is 10.3. The predicted molar refractivity (Wildman–Crippen MR) is 78.2 cm³/mol. The van der Waals surface area contributed by atoms with Gasteiger partial charge in [-0.1, -0.05) is 0 Å². The number of amides is 1. The van der Waals surface area contributed by atoms with Crippen LogP contribution >= 0.6 is 15.9 Å². The Morgan fingerprint density at radius 1 is 1.29 bits per heavy atom. The Balaban J connectivity index is 2.22. The number of halogens is 3. The molecule has 0 unspecified atom stereocenters. The molecule has 0 aliphatic rings. The Hall–Kier alpha value is -2.09. The molecule has 5 nitrogen and oxygen atoms in total. The molecule has 2 aromatic rings. The highest BCUT2D eigenvalue weighted by atomic mass is 79.9. The van der Waals surface area contributed by atoms with Crippen molar-refractivity contribution < 1.29 is 13.6 Å². The molecule has 1 aromatic heterocycles. The van der Waals surface area contributed by atoms with E-state index in [0.717, 1.165) is 6.07 Å². The van der Waals surface area contributed by atoms with Crippen LogP contribution in [-0.2, 0) is 0 Å². The molecule has 0 saturated heterocycles. The summed E-state index contributed by atoms with van der Waals surface area (Å²) in [4.78, 5) is 19.9. The van der Waals surface area contributed by atoms with Crippen LogP contribution in [0.5, 0.6) is 0 Å². The molecule has 110 valence electrons. The van der Waals surface area contributed by atoms with E-state index in [0.29, 0.717) is 18.4 Å². The molecule has 21 heavy (non-hydrogen) atoms. The second-order valence-electron chi connectivity index (χ2n) is 4.02. The summed E-state index contributed by atoms with van der Waals surface area (Å²) < 4.78 is 26.8. The van der Waals surface area contributed by atoms with E-state index in [2.05, 4.69) is 36.5 Å². The number of carbonyl (C=O) groups is 1. The summed E-state index contributed by atoms with van der Waals surface area (Å²) in [6.07, 6.45) is 2.72. The van der Waals surface area contributed by atoms with Gasteiger partial charge in [-0.3, -0.25) is 9.78 Å². The first-order chi connectivity index (χ1) is 10.0. The highest BCUT2D eigenvalue weighted by Crippen LogP contribution is 2.24. The second-order valence-corrected chi connectivity index (χ2v) is 4.87. The largest absolute Gasteiger partial charge is 0.369 e. The summed E-state index contributed by atoms with van der Waals surface area (Å²) in [7, 11) is 0. The monoisotopic (exact) mass is 356 g/mol. The smallest absolute Gasteiger partial charge is 0.276 e. The van der Waals surface area contributed by atoms with Crippen molar-refractivity contribution >= 4 is 33.3 Å². The standard InChI is InChI=1S/C13H11BrF2N4O/c1-2-18-12-6-17-5-11(19-12)13(21)20-10-3-7(14)8(15)4-9(10)16/h3-6H,2H2,1H3,(H,18,19)(H,20,21). The fraction of sp³-hybridized carbons (Fsp3) is 0.154. The zero-order chi connectivity index (χ0) is 15.4. The molecule has 2 rings (SSSR count). The van der Waals surface area contributed by atoms with E-state index >= 15 is 0 Å². The summed E-state index contributed by atoms with van der Waals surface area (Å²) in [5.41, 5.74) is -0.128. The SMILES string of the molecule is CCNc1cncc(C(=O)Nc2cc(Br)c(F)cc2F)n1. The lowest BCUT2D eigenvalue weighted by Gasteiger charge is -2.08. The van der Waals surface area contributed by atoms with Gasteiger partial charge in [-0.25, -0.2) is 13.8 Å². The minimum Gasteiger partial charge on any atom is -0.369 e. The van der Waals surface area contributed by atoms with Crippen molar-refractivity contribution in [3.05, 3.63) is 46.3 Å². The van der Waals surface area contributed by atoms with E-state index < -0.39 is 17.5 Å². The van der Waals surface area contributed by atoms with Crippen molar-refractivity contribution in [1.29, 1.82) is 0 Å². The first-order valence-corrected chi connectivity index (χ1v) is 6.82. The predicted octanol–water partition coefficient (Wildman–Crippen LogP) is 3.20. The van der Waals surface area contributed by atoms with Gasteiger partial charge in [-0.15, -0.1) is 0 Å². The van der Waals surface area contributed by atoms with E-state index in [1.807, 2.05) is 6.92 Å². The van der Waals surface area contributed by atoms with Gasteiger partial charge in [0.25, 0.3) is 5.91 Å². The molecular weight excluding hydrogens is 346 g/mol. The zero-order valence-corrected chi connectivity index (χ0v) is 12.5. The fourth-order valence-corrected chi connectivity index (χ4v) is 1.89. The number of benzene rings is 1. The highest BCUT2D eigenvalue weighted by Gasteiger charge is 2.14. The van der Waals surface area contributed by atoms with Gasteiger partial charge >= 0.3 is 0 Å². The first-order valence-electron chi connectivity index (χ1n) is 6.03. The lowest BCUT2D eigenvalue weighted by molar-refractivity contribution is 0.102. The molecule has 1 aromatic carbocycles. The van der Waals surface area contributed by atoms with Gasteiger partial charge in [-0.05, 0) is 28.9 Å². The van der Waals surface area contributed by atoms with Crippen molar-refractivity contribution in [1.82, 2.24) is 9.97 Å². The number of rotatable bonds is 4. The summed E-state index contributed by atoms with van der Waals surface area (Å²) in [6.45, 7) is 2.50. The van der Waals surface area contributed by atoms with Crippen molar-refractivity contribution in [2.75, 3.05) is 17.2 Å². The third kappa shape index (κ3) is 3.72. The molecule has 0 bridgehead atoms. The van der Waals surface area contributed by atoms with Crippen LogP contribution in [0, 0.1) is 11.6 Å². The minimum atomic E-state index is -0.875. The lowest BCUT2D eigenvalue weighted by Crippen LogP contribution is -2.16. The van der Waals surface area contributed by atoms with Crippen molar-refractivity contribution in [2.24, 2.45) is 0 Å². The van der Waals surface area contributed by atoms with Gasteiger partial charge in [0.1, 0.15) is 23.1 Å². The fourth-order valence-electron chi connectivity index (χ4n) is 1.55. The molecule has 0 radical (unpaired) electrons. The van der Waals surface area contributed by atoms with Crippen LogP contribution in [0.1, 0.15) is 17.4 Å². The molecule has 1 heterocycles. The molecule has 0 fully saturated rings. The van der Waals surface area contributed by atoms with Crippen LogP contribution in [-0.4, -0.2) is 22.4 Å². The third-order valence-corrected chi connectivity index (χ3v) is 3.09. The van der Waals surface area contributed by atoms with Crippen molar-refractivity contribution in [3.63, 3.8) is 0 Å². The average molecular weight is 357 g/mol. The molecule has 2 N–H and O–H groups in total. The molecule has 0 aliphatic heterocycles. The quantitative estimate of drug-likeness (QED) is 0.825. The molecule has 0 atom stereocenters. The maximum atomic E-state index is 13.6. The summed E-state index contributed by atoms with van der Waals surface area (Å²) in [5.74, 6) is -1.83. The number of nitrogens with zero attached hydrogens (tertiary/aromatic N) is 2. The van der Waals surface area contributed by atoms with E-state index in [9.17, 15) is 13.6 Å². The first kappa shape index (κ1) is 15.3. The Morgan fingerprint density at radius 2 is 2.05 bits per heavy atom. The van der Waals surface area contributed by atoms with E-state index in [4.69, 9.17) is 0 Å². The topological polar surface area (TPSA) is 66.9 Å². The number of aromatic nitrogens is 2. The average Bonchev–Trinajstić information content (AvgIpc) is 2.45. The third-order valence-electron chi connectivity index (χ3n) is 2.48. The molecule has 8 heteroatoms. The summed E-state index contributed by atoms with van der Waals surface area (Å²) >= 11 is 2.93. The second kappa shape index (κ2) is 6.57. The molecular formula is C13H11BrF2N4O. The molecule has 0 saturated carbocycles. The number of nitrogens with one attached hydrogen (secondary N) is 2. The van der Waals surface area contributed by atoms with Gasteiger partial charge in [-0.2, -0.15) is 0 Å². The Bertz CT molecular complexity index is 681. The Kier molecular flexibility index (Phi) is 4.79. The number of hydrogen-bond acceptors (Lipinski definition) is 4. The van der Waals surface area contributed by atoms with Gasteiger partial charge in [0.2, 0.25) is 0 Å². The summed E-state index contributed by atoms with van der Waals surface area (Å²) in [5, 5.41) is 5.23. The number of hydrogen-bond donors (Lipinski definition) is 2. The van der Waals surface area contributed by atoms with Gasteiger partial charge in [0.05, 0.1) is 22.6 Å². The number of anilines is 2. The van der Waals surface area contributed by atoms with E-state index in [1.165, 1.54) is 12.4 Å². The Labute approximate surface area is 127 Å². The van der Waals surface area contributed by atoms with Crippen LogP contribution in [0.4, 0.5) is 20.3 Å². The highest BCUT2D eigenvalue weighted by molar-refractivity contribution is 9.10. The van der Waals surface area contributed by atoms with Gasteiger partial charge in [0, 0.05) is 12.6 Å². The Morgan fingerprint density at radius 3 is 2.76 bits per heavy atom. The number of carbonyl (C=O) groups excluding carboxylic acids is 1. The maximum absolute atomic E-state index is 13.6. The van der Waals surface area contributed by atoms with Gasteiger partial charge < -0.3 is 10.6 Å².